The van der Waals surface area contributed by atoms with Gasteiger partial charge in [0.05, 0.1) is 48.2 Å². The highest BCUT2D eigenvalue weighted by Gasteiger charge is 2.36. The van der Waals surface area contributed by atoms with E-state index in [1.807, 2.05) is 27.0 Å². The van der Waals surface area contributed by atoms with Crippen LogP contribution in [-0.2, 0) is 22.4 Å². The lowest BCUT2D eigenvalue weighted by atomic mass is 10.0. The Balaban J connectivity index is 1.20. The number of nitriles is 1. The Morgan fingerprint density at radius 1 is 1.06 bits per heavy atom. The van der Waals surface area contributed by atoms with Gasteiger partial charge in [-0.15, -0.1) is 0 Å². The lowest BCUT2D eigenvalue weighted by Crippen LogP contribution is -2.56. The maximum Gasteiger partial charge on any atom is 0.410 e. The summed E-state index contributed by atoms with van der Waals surface area (Å²) in [5.74, 6) is 0.841. The van der Waals surface area contributed by atoms with E-state index in [1.165, 1.54) is 11.3 Å². The minimum atomic E-state index is -0.617. The summed E-state index contributed by atoms with van der Waals surface area (Å²) in [5.41, 5.74) is 4.88. The van der Waals surface area contributed by atoms with Crippen molar-refractivity contribution in [3.8, 4) is 12.1 Å². The number of aromatic nitrogens is 4. The fraction of sp³-hybridized carbons (Fsp3) is 0.649. The number of anilines is 2. The normalized spacial score (nSPS) is 23.2. The predicted octanol–water partition coefficient (Wildman–Crippen LogP) is 5.21. The average Bonchev–Trinajstić information content (AvgIpc) is 3.72. The Bertz CT molecular complexity index is 1740. The van der Waals surface area contributed by atoms with E-state index in [9.17, 15) is 10.1 Å². The fourth-order valence-corrected chi connectivity index (χ4v) is 7.94. The van der Waals surface area contributed by atoms with Gasteiger partial charge in [-0.2, -0.15) is 20.3 Å². The van der Waals surface area contributed by atoms with E-state index in [1.54, 1.807) is 4.90 Å². The number of piperazine rings is 1. The molecule has 268 valence electrons. The van der Waals surface area contributed by atoms with Gasteiger partial charge in [0.25, 0.3) is 0 Å². The van der Waals surface area contributed by atoms with Crippen molar-refractivity contribution in [3.05, 3.63) is 35.2 Å². The van der Waals surface area contributed by atoms with Gasteiger partial charge >= 0.3 is 12.1 Å². The zero-order chi connectivity index (χ0) is 35.0. The van der Waals surface area contributed by atoms with Crippen molar-refractivity contribution < 1.29 is 19.0 Å². The molecule has 0 N–H and O–H groups in total. The van der Waals surface area contributed by atoms with E-state index in [0.717, 1.165) is 86.2 Å². The van der Waals surface area contributed by atoms with Crippen LogP contribution in [0.15, 0.2) is 18.3 Å². The SMILES string of the molecule is Cc1ccc2c(cnn2C2CCCCO2)c1N1CCc2c(nc(OCC3CCCN3C)nc2N2CCN(C(=O)OC(C)(C)C)[C@@H](CC#N)C2)C1. The van der Waals surface area contributed by atoms with Crippen LogP contribution in [0.4, 0.5) is 16.3 Å². The van der Waals surface area contributed by atoms with Gasteiger partial charge in [0.15, 0.2) is 6.23 Å². The third kappa shape index (κ3) is 7.05. The van der Waals surface area contributed by atoms with Crippen LogP contribution >= 0.6 is 0 Å². The van der Waals surface area contributed by atoms with E-state index < -0.39 is 5.60 Å². The number of likely N-dealkylation sites (tertiary alicyclic amines) is 1. The van der Waals surface area contributed by atoms with Crippen LogP contribution < -0.4 is 14.5 Å². The van der Waals surface area contributed by atoms with Crippen molar-refractivity contribution >= 4 is 28.5 Å². The fourth-order valence-electron chi connectivity index (χ4n) is 7.94. The number of benzene rings is 1. The molecule has 1 amide bonds. The molecule has 50 heavy (non-hydrogen) atoms. The Morgan fingerprint density at radius 3 is 2.66 bits per heavy atom. The molecule has 0 saturated carbocycles. The summed E-state index contributed by atoms with van der Waals surface area (Å²) >= 11 is 0. The highest BCUT2D eigenvalue weighted by molar-refractivity contribution is 5.94. The maximum absolute atomic E-state index is 13.2. The van der Waals surface area contributed by atoms with Gasteiger partial charge < -0.3 is 33.8 Å². The van der Waals surface area contributed by atoms with Crippen molar-refractivity contribution in [3.63, 3.8) is 0 Å². The predicted molar refractivity (Wildman–Crippen MR) is 190 cm³/mol. The molecule has 2 aromatic heterocycles. The van der Waals surface area contributed by atoms with Gasteiger partial charge in [0.2, 0.25) is 0 Å². The third-order valence-corrected chi connectivity index (χ3v) is 10.5. The average molecular weight is 686 g/mol. The first-order valence-corrected chi connectivity index (χ1v) is 18.3. The molecular formula is C37H51N9O4. The van der Waals surface area contributed by atoms with Crippen LogP contribution in [0, 0.1) is 18.3 Å². The van der Waals surface area contributed by atoms with Gasteiger partial charge in [-0.25, -0.2) is 9.48 Å². The molecule has 0 bridgehead atoms. The highest BCUT2D eigenvalue weighted by atomic mass is 16.6. The molecule has 3 fully saturated rings. The summed E-state index contributed by atoms with van der Waals surface area (Å²) in [6.45, 7) is 13.0. The van der Waals surface area contributed by atoms with Crippen LogP contribution in [0.25, 0.3) is 10.9 Å². The molecule has 3 atom stereocenters. The summed E-state index contributed by atoms with van der Waals surface area (Å²) in [6.07, 6.45) is 7.99. The Labute approximate surface area is 295 Å². The monoisotopic (exact) mass is 685 g/mol. The van der Waals surface area contributed by atoms with Crippen molar-refractivity contribution in [1.29, 1.82) is 5.26 Å². The molecule has 0 aliphatic carbocycles. The third-order valence-electron chi connectivity index (χ3n) is 10.5. The van der Waals surface area contributed by atoms with Crippen LogP contribution in [0.1, 0.15) is 82.3 Å². The number of nitrogens with zero attached hydrogens (tertiary/aromatic N) is 9. The van der Waals surface area contributed by atoms with Crippen molar-refractivity contribution in [2.75, 3.05) is 62.8 Å². The Hall–Kier alpha value is -4.15. The first-order chi connectivity index (χ1) is 24.1. The van der Waals surface area contributed by atoms with Crippen LogP contribution in [0.3, 0.4) is 0 Å². The van der Waals surface area contributed by atoms with Gasteiger partial charge in [0.1, 0.15) is 18.0 Å². The molecular weight excluding hydrogens is 634 g/mol. The van der Waals surface area contributed by atoms with E-state index >= 15 is 0 Å². The summed E-state index contributed by atoms with van der Waals surface area (Å²) in [6, 6.07) is 7.03. The van der Waals surface area contributed by atoms with Crippen LogP contribution in [0.5, 0.6) is 6.01 Å². The number of carbonyl (C=O) groups is 1. The van der Waals surface area contributed by atoms with Crippen molar-refractivity contribution in [1.82, 2.24) is 29.5 Å². The zero-order valence-electron chi connectivity index (χ0n) is 30.2. The minimum Gasteiger partial charge on any atom is -0.462 e. The Morgan fingerprint density at radius 2 is 1.92 bits per heavy atom. The van der Waals surface area contributed by atoms with Crippen molar-refractivity contribution in [2.24, 2.45) is 0 Å². The molecule has 13 nitrogen and oxygen atoms in total. The number of aryl methyl sites for hydroxylation is 1. The maximum atomic E-state index is 13.2. The highest BCUT2D eigenvalue weighted by Crippen LogP contribution is 2.38. The number of fused-ring (bicyclic) bond motifs is 2. The molecule has 13 heteroatoms. The molecule has 4 aliphatic heterocycles. The second-order valence-corrected chi connectivity index (χ2v) is 15.2. The largest absolute Gasteiger partial charge is 0.462 e. The second-order valence-electron chi connectivity index (χ2n) is 15.2. The quantitative estimate of drug-likeness (QED) is 0.326. The molecule has 2 unspecified atom stereocenters. The number of carbonyl (C=O) groups excluding carboxylic acids is 1. The zero-order valence-corrected chi connectivity index (χ0v) is 30.2. The molecule has 0 radical (unpaired) electrons. The van der Waals surface area contributed by atoms with Gasteiger partial charge in [0, 0.05) is 49.8 Å². The topological polar surface area (TPSA) is 125 Å². The number of amides is 1. The van der Waals surface area contributed by atoms with E-state index in [2.05, 4.69) is 51.6 Å². The van der Waals surface area contributed by atoms with Gasteiger partial charge in [-0.3, -0.25) is 0 Å². The minimum absolute atomic E-state index is 0.0338. The standard InChI is InChI=1S/C37H51N9O4/c1-25-11-12-31-29(21-39-46(31)32-10-6-7-20-48-32)33(25)43-17-14-28-30(23-43)40-35(49-24-27-9-8-16-42(27)5)41-34(28)44-18-19-45(26(22-44)13-15-38)36(47)50-37(2,3)4/h11-12,21,26-27,32H,6-10,13-14,16-20,22-24H2,1-5H3/t26-,27?,32?/m0/s1. The van der Waals surface area contributed by atoms with Crippen LogP contribution in [0.2, 0.25) is 0 Å². The number of hydrogen-bond acceptors (Lipinski definition) is 11. The summed E-state index contributed by atoms with van der Waals surface area (Å²) < 4.78 is 20.3. The van der Waals surface area contributed by atoms with E-state index in [-0.39, 0.29) is 24.8 Å². The molecule has 3 saturated heterocycles. The lowest BCUT2D eigenvalue weighted by Gasteiger charge is -2.42. The second kappa shape index (κ2) is 14.2. The van der Waals surface area contributed by atoms with Crippen LogP contribution in [-0.4, -0.2) is 106 Å². The number of ether oxygens (including phenoxy) is 3. The van der Waals surface area contributed by atoms with Gasteiger partial charge in [-0.1, -0.05) is 6.07 Å². The molecule has 4 aliphatic rings. The molecule has 6 heterocycles. The first kappa shape index (κ1) is 34.3. The summed E-state index contributed by atoms with van der Waals surface area (Å²) in [7, 11) is 2.14. The number of likely N-dealkylation sites (N-methyl/N-ethyl adjacent to an activating group) is 1. The number of rotatable bonds is 7. The molecule has 7 rings (SSSR count). The smallest absolute Gasteiger partial charge is 0.410 e. The summed E-state index contributed by atoms with van der Waals surface area (Å²) in [4.78, 5) is 31.9. The lowest BCUT2D eigenvalue weighted by molar-refractivity contribution is -0.0366. The van der Waals surface area contributed by atoms with Gasteiger partial charge in [-0.05, 0) is 91.4 Å². The molecule has 0 spiro atoms. The Kier molecular flexibility index (Phi) is 9.76. The number of hydrogen-bond donors (Lipinski definition) is 0. The van der Waals surface area contributed by atoms with E-state index in [0.29, 0.717) is 44.8 Å². The molecule has 1 aromatic carbocycles. The first-order valence-electron chi connectivity index (χ1n) is 18.3. The van der Waals surface area contributed by atoms with E-state index in [4.69, 9.17) is 29.3 Å². The summed E-state index contributed by atoms with van der Waals surface area (Å²) in [5, 5.41) is 15.7. The van der Waals surface area contributed by atoms with Crippen molar-refractivity contribution in [2.45, 2.75) is 103 Å². The molecule has 3 aromatic rings.